The van der Waals surface area contributed by atoms with E-state index in [9.17, 15) is 8.42 Å². The number of aliphatic hydroxyl groups is 2. The van der Waals surface area contributed by atoms with E-state index in [1.807, 2.05) is 0 Å². The molecule has 0 atom stereocenters. The van der Waals surface area contributed by atoms with E-state index >= 15 is 0 Å². The van der Waals surface area contributed by atoms with Crippen LogP contribution in [-0.4, -0.2) is 49.2 Å². The third-order valence-electron chi connectivity index (χ3n) is 2.15. The van der Waals surface area contributed by atoms with Crippen LogP contribution in [0.4, 0.5) is 0 Å². The Balaban J connectivity index is 3.02. The summed E-state index contributed by atoms with van der Waals surface area (Å²) in [6.07, 6.45) is 0. The van der Waals surface area contributed by atoms with Crippen molar-refractivity contribution in [1.82, 2.24) is 4.31 Å². The molecule has 5 nitrogen and oxygen atoms in total. The van der Waals surface area contributed by atoms with Crippen molar-refractivity contribution in [2.75, 3.05) is 26.3 Å². The fraction of sp³-hybridized carbons (Fsp3) is 0.400. The minimum atomic E-state index is -3.65. The van der Waals surface area contributed by atoms with Crippen molar-refractivity contribution in [3.63, 3.8) is 0 Å². The van der Waals surface area contributed by atoms with Gasteiger partial charge in [-0.25, -0.2) is 8.42 Å². The summed E-state index contributed by atoms with van der Waals surface area (Å²) in [5, 5.41) is 17.6. The highest BCUT2D eigenvalue weighted by atomic mass is 79.9. The summed E-state index contributed by atoms with van der Waals surface area (Å²) in [6.45, 7) is -0.622. The second-order valence-corrected chi connectivity index (χ2v) is 6.16. The molecule has 0 fully saturated rings. The van der Waals surface area contributed by atoms with Gasteiger partial charge in [0.05, 0.1) is 18.1 Å². The second-order valence-electron chi connectivity index (χ2n) is 3.31. The minimum Gasteiger partial charge on any atom is -0.395 e. The highest BCUT2D eigenvalue weighted by Crippen LogP contribution is 2.18. The fourth-order valence-electron chi connectivity index (χ4n) is 1.33. The number of hydrogen-bond donors (Lipinski definition) is 2. The molecular formula is C10H14BrNO4S. The van der Waals surface area contributed by atoms with Crippen molar-refractivity contribution in [1.29, 1.82) is 0 Å². The summed E-state index contributed by atoms with van der Waals surface area (Å²) in [4.78, 5) is 0.141. The van der Waals surface area contributed by atoms with Crippen LogP contribution in [0.1, 0.15) is 0 Å². The monoisotopic (exact) mass is 323 g/mol. The van der Waals surface area contributed by atoms with E-state index in [1.165, 1.54) is 12.1 Å². The number of halogens is 1. The lowest BCUT2D eigenvalue weighted by atomic mass is 10.4. The Bertz CT molecular complexity index is 440. The van der Waals surface area contributed by atoms with Crippen LogP contribution in [0.25, 0.3) is 0 Å². The first-order valence-corrected chi connectivity index (χ1v) is 7.23. The van der Waals surface area contributed by atoms with Gasteiger partial charge in [0, 0.05) is 17.6 Å². The molecule has 0 aliphatic rings. The molecule has 0 aliphatic carbocycles. The lowest BCUT2D eigenvalue weighted by Crippen LogP contribution is -2.35. The molecule has 0 unspecified atom stereocenters. The van der Waals surface area contributed by atoms with Gasteiger partial charge in [0.15, 0.2) is 0 Å². The minimum absolute atomic E-state index is 0.0288. The smallest absolute Gasteiger partial charge is 0.243 e. The molecule has 0 bridgehead atoms. The van der Waals surface area contributed by atoms with Gasteiger partial charge >= 0.3 is 0 Å². The van der Waals surface area contributed by atoms with Crippen molar-refractivity contribution in [2.45, 2.75) is 4.90 Å². The SMILES string of the molecule is O=S(=O)(c1ccc(Br)cc1)N(CCO)CCO. The Morgan fingerprint density at radius 3 is 1.94 bits per heavy atom. The van der Waals surface area contributed by atoms with Crippen LogP contribution in [0.3, 0.4) is 0 Å². The van der Waals surface area contributed by atoms with Crippen LogP contribution < -0.4 is 0 Å². The maximum atomic E-state index is 12.1. The first kappa shape index (κ1) is 14.6. The van der Waals surface area contributed by atoms with E-state index in [0.717, 1.165) is 8.78 Å². The Morgan fingerprint density at radius 2 is 1.53 bits per heavy atom. The molecule has 0 radical (unpaired) electrons. The van der Waals surface area contributed by atoms with E-state index in [1.54, 1.807) is 12.1 Å². The lowest BCUT2D eigenvalue weighted by Gasteiger charge is -2.20. The largest absolute Gasteiger partial charge is 0.395 e. The second kappa shape index (κ2) is 6.46. The van der Waals surface area contributed by atoms with E-state index in [0.29, 0.717) is 0 Å². The van der Waals surface area contributed by atoms with Gasteiger partial charge in [0.25, 0.3) is 0 Å². The molecule has 0 saturated carbocycles. The number of benzene rings is 1. The quantitative estimate of drug-likeness (QED) is 0.795. The number of rotatable bonds is 6. The molecule has 0 aromatic heterocycles. The zero-order valence-electron chi connectivity index (χ0n) is 9.08. The Kier molecular flexibility index (Phi) is 5.54. The average molecular weight is 324 g/mol. The van der Waals surface area contributed by atoms with Crippen molar-refractivity contribution in [3.05, 3.63) is 28.7 Å². The number of nitrogens with zero attached hydrogens (tertiary/aromatic N) is 1. The van der Waals surface area contributed by atoms with Crippen LogP contribution in [0.2, 0.25) is 0 Å². The Morgan fingerprint density at radius 1 is 1.06 bits per heavy atom. The molecule has 1 aromatic carbocycles. The van der Waals surface area contributed by atoms with E-state index < -0.39 is 10.0 Å². The number of aliphatic hydroxyl groups excluding tert-OH is 2. The van der Waals surface area contributed by atoms with Gasteiger partial charge in [-0.1, -0.05) is 15.9 Å². The van der Waals surface area contributed by atoms with Gasteiger partial charge in [-0.05, 0) is 24.3 Å². The predicted molar refractivity (Wildman–Crippen MR) is 67.1 cm³/mol. The molecule has 0 heterocycles. The van der Waals surface area contributed by atoms with E-state index in [2.05, 4.69) is 15.9 Å². The Hall–Kier alpha value is -0.470. The third kappa shape index (κ3) is 3.75. The molecule has 7 heteroatoms. The summed E-state index contributed by atoms with van der Waals surface area (Å²) < 4.78 is 26.1. The average Bonchev–Trinajstić information content (AvgIpc) is 2.29. The number of sulfonamides is 1. The topological polar surface area (TPSA) is 77.8 Å². The highest BCUT2D eigenvalue weighted by molar-refractivity contribution is 9.10. The normalized spacial score (nSPS) is 12.0. The molecular weight excluding hydrogens is 310 g/mol. The maximum Gasteiger partial charge on any atom is 0.243 e. The van der Waals surface area contributed by atoms with Gasteiger partial charge in [0.2, 0.25) is 10.0 Å². The van der Waals surface area contributed by atoms with E-state index in [-0.39, 0.29) is 31.2 Å². The summed E-state index contributed by atoms with van der Waals surface area (Å²) in [7, 11) is -3.65. The molecule has 0 spiro atoms. The van der Waals surface area contributed by atoms with Gasteiger partial charge in [-0.3, -0.25) is 0 Å². The Labute approximate surface area is 109 Å². The van der Waals surface area contributed by atoms with Crippen LogP contribution in [0, 0.1) is 0 Å². The van der Waals surface area contributed by atoms with Crippen LogP contribution in [0.15, 0.2) is 33.6 Å². The van der Waals surface area contributed by atoms with Crippen LogP contribution in [0.5, 0.6) is 0 Å². The van der Waals surface area contributed by atoms with E-state index in [4.69, 9.17) is 10.2 Å². The van der Waals surface area contributed by atoms with Crippen LogP contribution >= 0.6 is 15.9 Å². The van der Waals surface area contributed by atoms with Gasteiger partial charge in [0.1, 0.15) is 0 Å². The number of hydrogen-bond acceptors (Lipinski definition) is 4. The summed E-state index contributed by atoms with van der Waals surface area (Å²) in [5.41, 5.74) is 0. The first-order chi connectivity index (χ1) is 8.02. The van der Waals surface area contributed by atoms with Gasteiger partial charge < -0.3 is 10.2 Å². The molecule has 1 aromatic rings. The highest BCUT2D eigenvalue weighted by Gasteiger charge is 2.23. The zero-order valence-corrected chi connectivity index (χ0v) is 11.5. The van der Waals surface area contributed by atoms with Crippen molar-refractivity contribution < 1.29 is 18.6 Å². The van der Waals surface area contributed by atoms with Crippen molar-refractivity contribution in [2.24, 2.45) is 0 Å². The lowest BCUT2D eigenvalue weighted by molar-refractivity contribution is 0.217. The van der Waals surface area contributed by atoms with Gasteiger partial charge in [-0.2, -0.15) is 4.31 Å². The molecule has 1 rings (SSSR count). The molecule has 96 valence electrons. The maximum absolute atomic E-state index is 12.1. The molecule has 0 aliphatic heterocycles. The standard InChI is InChI=1S/C10H14BrNO4S/c11-9-1-3-10(4-2-9)17(15,16)12(5-7-13)6-8-14/h1-4,13-14H,5-8H2. The molecule has 2 N–H and O–H groups in total. The zero-order chi connectivity index (χ0) is 12.9. The summed E-state index contributed by atoms with van der Waals surface area (Å²) in [5.74, 6) is 0. The predicted octanol–water partition coefficient (Wildman–Crippen LogP) is 0.424. The van der Waals surface area contributed by atoms with Crippen molar-refractivity contribution in [3.8, 4) is 0 Å². The fourth-order valence-corrected chi connectivity index (χ4v) is 3.02. The van der Waals surface area contributed by atoms with Gasteiger partial charge in [-0.15, -0.1) is 0 Å². The molecule has 0 amide bonds. The molecule has 17 heavy (non-hydrogen) atoms. The van der Waals surface area contributed by atoms with Crippen molar-refractivity contribution >= 4 is 26.0 Å². The third-order valence-corrected chi connectivity index (χ3v) is 4.59. The first-order valence-electron chi connectivity index (χ1n) is 5.00. The molecule has 0 saturated heterocycles. The summed E-state index contributed by atoms with van der Waals surface area (Å²) in [6, 6.07) is 6.20. The van der Waals surface area contributed by atoms with Crippen LogP contribution in [-0.2, 0) is 10.0 Å². The summed E-state index contributed by atoms with van der Waals surface area (Å²) >= 11 is 3.22.